The van der Waals surface area contributed by atoms with E-state index >= 15 is 0 Å². The van der Waals surface area contributed by atoms with Crippen molar-refractivity contribution in [2.45, 2.75) is 19.7 Å². The van der Waals surface area contributed by atoms with Crippen LogP contribution in [0.15, 0.2) is 24.3 Å². The van der Waals surface area contributed by atoms with Crippen LogP contribution in [0.25, 0.3) is 0 Å². The molecule has 0 nitrogen and oxygen atoms in total. The summed E-state index contributed by atoms with van der Waals surface area (Å²) in [6, 6.07) is 8.28. The first kappa shape index (κ1) is 7.39. The van der Waals surface area contributed by atoms with Crippen molar-refractivity contribution in [2.75, 3.05) is 0 Å². The third-order valence-electron chi connectivity index (χ3n) is 1.57. The van der Waals surface area contributed by atoms with Crippen molar-refractivity contribution in [1.82, 2.24) is 0 Å². The fraction of sp³-hybridized carbons (Fsp3) is 0.333. The molecule has 0 saturated carbocycles. The van der Waals surface area contributed by atoms with Crippen molar-refractivity contribution in [3.8, 4) is 0 Å². The van der Waals surface area contributed by atoms with E-state index in [-0.39, 0.29) is 5.82 Å². The molecule has 2 radical (unpaired) electrons. The van der Waals surface area contributed by atoms with Crippen LogP contribution in [0.5, 0.6) is 0 Å². The average molecular weight is 130 g/mol. The normalized spacial score (nSPS) is 13.0. The highest BCUT2D eigenvalue weighted by Crippen LogP contribution is 2.11. The Labute approximate surface area is 63.7 Å². The molecule has 0 heterocycles. The Bertz CT molecular complexity index is 216. The summed E-state index contributed by atoms with van der Waals surface area (Å²) in [5.74, 6) is 0.153. The molecule has 1 rings (SSSR count). The van der Waals surface area contributed by atoms with Gasteiger partial charge in [0.1, 0.15) is 0 Å². The lowest BCUT2D eigenvalue weighted by atomic mass is 9.83. The van der Waals surface area contributed by atoms with Gasteiger partial charge in [0, 0.05) is 0 Å². The molecule has 0 aliphatic heterocycles. The first-order valence-corrected chi connectivity index (χ1v) is 3.52. The van der Waals surface area contributed by atoms with E-state index in [1.54, 1.807) is 0 Å². The van der Waals surface area contributed by atoms with Crippen molar-refractivity contribution < 1.29 is 0 Å². The Morgan fingerprint density at radius 2 is 2.10 bits per heavy atom. The minimum Gasteiger partial charge on any atom is -0.0665 e. The van der Waals surface area contributed by atoms with Crippen molar-refractivity contribution in [3.63, 3.8) is 0 Å². The van der Waals surface area contributed by atoms with Crippen molar-refractivity contribution in [2.24, 2.45) is 0 Å². The predicted molar refractivity (Wildman–Crippen MR) is 45.3 cm³/mol. The zero-order chi connectivity index (χ0) is 7.56. The fourth-order valence-corrected chi connectivity index (χ4v) is 0.953. The molecule has 50 valence electrons. The Morgan fingerprint density at radius 1 is 1.40 bits per heavy atom. The zero-order valence-electron chi connectivity index (χ0n) is 6.46. The van der Waals surface area contributed by atoms with Gasteiger partial charge in [0.15, 0.2) is 0 Å². The molecule has 1 atom stereocenters. The SMILES string of the molecule is [B]C(C)c1cccc(C)c1. The van der Waals surface area contributed by atoms with Crippen LogP contribution in [0.4, 0.5) is 0 Å². The predicted octanol–water partition coefficient (Wildman–Crippen LogP) is 2.22. The third-order valence-corrected chi connectivity index (χ3v) is 1.57. The average Bonchev–Trinajstić information content (AvgIpc) is 1.88. The molecule has 0 bridgehead atoms. The van der Waals surface area contributed by atoms with E-state index in [4.69, 9.17) is 7.85 Å². The third kappa shape index (κ3) is 1.63. The Balaban J connectivity index is 2.96. The van der Waals surface area contributed by atoms with Gasteiger partial charge in [-0.05, 0) is 6.92 Å². The molecule has 10 heavy (non-hydrogen) atoms. The van der Waals surface area contributed by atoms with Gasteiger partial charge in [0.05, 0.1) is 7.85 Å². The van der Waals surface area contributed by atoms with Crippen LogP contribution in [0.3, 0.4) is 0 Å². The smallest absolute Gasteiger partial charge is 0.0665 e. The Hall–Kier alpha value is -0.715. The number of hydrogen-bond acceptors (Lipinski definition) is 0. The van der Waals surface area contributed by atoms with Gasteiger partial charge in [0.2, 0.25) is 0 Å². The van der Waals surface area contributed by atoms with Gasteiger partial charge in [-0.2, -0.15) is 0 Å². The van der Waals surface area contributed by atoms with E-state index in [9.17, 15) is 0 Å². The van der Waals surface area contributed by atoms with Gasteiger partial charge >= 0.3 is 0 Å². The molecule has 0 aliphatic carbocycles. The van der Waals surface area contributed by atoms with E-state index < -0.39 is 0 Å². The molecule has 1 heteroatoms. The van der Waals surface area contributed by atoms with Gasteiger partial charge in [-0.15, -0.1) is 0 Å². The highest BCUT2D eigenvalue weighted by Gasteiger charge is 1.95. The first-order chi connectivity index (χ1) is 4.70. The summed E-state index contributed by atoms with van der Waals surface area (Å²) in [5.41, 5.74) is 2.48. The Kier molecular flexibility index (Phi) is 2.15. The molecule has 0 amide bonds. The maximum absolute atomic E-state index is 5.68. The van der Waals surface area contributed by atoms with Gasteiger partial charge in [0.25, 0.3) is 0 Å². The topological polar surface area (TPSA) is 0 Å². The Morgan fingerprint density at radius 3 is 2.50 bits per heavy atom. The molecule has 0 spiro atoms. The molecule has 0 fully saturated rings. The second-order valence-corrected chi connectivity index (χ2v) is 2.70. The highest BCUT2D eigenvalue weighted by atomic mass is 14.0. The molecule has 0 aliphatic rings. The fourth-order valence-electron chi connectivity index (χ4n) is 0.953. The number of benzene rings is 1. The van der Waals surface area contributed by atoms with Crippen LogP contribution in [0.2, 0.25) is 0 Å². The van der Waals surface area contributed by atoms with Crippen molar-refractivity contribution in [1.29, 1.82) is 0 Å². The summed E-state index contributed by atoms with van der Waals surface area (Å²) in [5, 5.41) is 0. The minimum atomic E-state index is 0.153. The van der Waals surface area contributed by atoms with Crippen LogP contribution in [-0.2, 0) is 0 Å². The largest absolute Gasteiger partial charge is 0.0759 e. The summed E-state index contributed by atoms with van der Waals surface area (Å²) in [7, 11) is 5.68. The lowest BCUT2D eigenvalue weighted by Crippen LogP contribution is -1.91. The van der Waals surface area contributed by atoms with Gasteiger partial charge in [-0.3, -0.25) is 0 Å². The molecule has 0 N–H and O–H groups in total. The molecule has 1 unspecified atom stereocenters. The zero-order valence-corrected chi connectivity index (χ0v) is 6.46. The maximum Gasteiger partial charge on any atom is 0.0759 e. The summed E-state index contributed by atoms with van der Waals surface area (Å²) in [6.45, 7) is 4.07. The van der Waals surface area contributed by atoms with Gasteiger partial charge in [-0.1, -0.05) is 48.1 Å². The van der Waals surface area contributed by atoms with Gasteiger partial charge < -0.3 is 0 Å². The summed E-state index contributed by atoms with van der Waals surface area (Å²) in [4.78, 5) is 0. The van der Waals surface area contributed by atoms with Crippen LogP contribution in [-0.4, -0.2) is 7.85 Å². The van der Waals surface area contributed by atoms with E-state index in [0.717, 1.165) is 0 Å². The lowest BCUT2D eigenvalue weighted by molar-refractivity contribution is 1.08. The summed E-state index contributed by atoms with van der Waals surface area (Å²) in [6.07, 6.45) is 0. The van der Waals surface area contributed by atoms with E-state index in [1.807, 2.05) is 13.0 Å². The van der Waals surface area contributed by atoms with Crippen LogP contribution < -0.4 is 0 Å². The minimum absolute atomic E-state index is 0.153. The lowest BCUT2D eigenvalue weighted by Gasteiger charge is -2.04. The number of rotatable bonds is 1. The number of hydrogen-bond donors (Lipinski definition) is 0. The van der Waals surface area contributed by atoms with E-state index in [0.29, 0.717) is 0 Å². The van der Waals surface area contributed by atoms with Crippen LogP contribution >= 0.6 is 0 Å². The standard InChI is InChI=1S/C9H11B/c1-7-4-3-5-9(6-7)8(2)10/h3-6,8H,1-2H3. The molecular formula is C9H11B. The first-order valence-electron chi connectivity index (χ1n) is 3.52. The van der Waals surface area contributed by atoms with Gasteiger partial charge in [-0.25, -0.2) is 0 Å². The maximum atomic E-state index is 5.68. The van der Waals surface area contributed by atoms with Crippen LogP contribution in [0.1, 0.15) is 23.9 Å². The number of aryl methyl sites for hydroxylation is 1. The molecule has 1 aromatic carbocycles. The molecule has 0 aromatic heterocycles. The van der Waals surface area contributed by atoms with E-state index in [1.165, 1.54) is 11.1 Å². The van der Waals surface area contributed by atoms with Crippen LogP contribution in [0, 0.1) is 6.92 Å². The molecular weight excluding hydrogens is 119 g/mol. The monoisotopic (exact) mass is 130 g/mol. The highest BCUT2D eigenvalue weighted by molar-refractivity contribution is 6.12. The summed E-state index contributed by atoms with van der Waals surface area (Å²) >= 11 is 0. The quantitative estimate of drug-likeness (QED) is 0.511. The van der Waals surface area contributed by atoms with Crippen molar-refractivity contribution >= 4 is 7.85 Å². The molecule has 0 saturated heterocycles. The second-order valence-electron chi connectivity index (χ2n) is 2.70. The van der Waals surface area contributed by atoms with E-state index in [2.05, 4.69) is 25.1 Å². The molecule has 1 aromatic rings. The second kappa shape index (κ2) is 2.91. The van der Waals surface area contributed by atoms with Crippen molar-refractivity contribution in [3.05, 3.63) is 35.4 Å². The summed E-state index contributed by atoms with van der Waals surface area (Å²) < 4.78 is 0.